The fourth-order valence-electron chi connectivity index (χ4n) is 3.74. The minimum absolute atomic E-state index is 0.0377. The van der Waals surface area contributed by atoms with Crippen LogP contribution in [0.2, 0.25) is 0 Å². The first-order valence-electron chi connectivity index (χ1n) is 10.4. The Morgan fingerprint density at radius 3 is 1.60 bits per heavy atom. The third-order valence-electron chi connectivity index (χ3n) is 5.45. The molecule has 4 heteroatoms. The number of benzene rings is 3. The second-order valence-electron chi connectivity index (χ2n) is 7.29. The van der Waals surface area contributed by atoms with E-state index in [0.29, 0.717) is 19.4 Å². The largest absolute Gasteiger partial charge is 0.359 e. The molecule has 0 aliphatic rings. The number of rotatable bonds is 10. The minimum Gasteiger partial charge on any atom is -0.359 e. The maximum absolute atomic E-state index is 11.7. The number of carbonyl (C=O) groups excluding carboxylic acids is 1. The molecule has 4 nitrogen and oxygen atoms in total. The van der Waals surface area contributed by atoms with Crippen molar-refractivity contribution < 1.29 is 9.53 Å². The second-order valence-corrected chi connectivity index (χ2v) is 7.29. The minimum atomic E-state index is -0.744. The molecular formula is C26H30N2O2. The Bertz CT molecular complexity index is 801. The van der Waals surface area contributed by atoms with Gasteiger partial charge in [-0.05, 0) is 30.2 Å². The van der Waals surface area contributed by atoms with Crippen molar-refractivity contribution in [2.24, 2.45) is 0 Å². The molecule has 0 spiro atoms. The summed E-state index contributed by atoms with van der Waals surface area (Å²) in [6.45, 7) is 0.464. The number of hydrogen-bond donors (Lipinski definition) is 2. The van der Waals surface area contributed by atoms with Crippen molar-refractivity contribution in [3.8, 4) is 0 Å². The fourth-order valence-corrected chi connectivity index (χ4v) is 3.74. The molecule has 1 atom stereocenters. The lowest BCUT2D eigenvalue weighted by atomic mass is 9.80. The standard InChI is InChI=1S/C26H30N2O2/c1-27-24(18-19-25(29)28-2)20-30-26(21-12-6-3-7-13-21,22-14-8-4-9-15-22)23-16-10-5-11-17-23/h3-17,24,27H,18-20H2,1-2H3,(H,28,29). The Kier molecular flexibility index (Phi) is 7.77. The van der Waals surface area contributed by atoms with Gasteiger partial charge in [-0.2, -0.15) is 0 Å². The Morgan fingerprint density at radius 1 is 0.800 bits per heavy atom. The van der Waals surface area contributed by atoms with Gasteiger partial charge in [0.15, 0.2) is 0 Å². The molecule has 0 fully saturated rings. The Hall–Kier alpha value is -2.95. The van der Waals surface area contributed by atoms with Gasteiger partial charge in [0.25, 0.3) is 0 Å². The number of hydrogen-bond acceptors (Lipinski definition) is 3. The molecule has 2 N–H and O–H groups in total. The first-order valence-corrected chi connectivity index (χ1v) is 10.4. The van der Waals surface area contributed by atoms with Gasteiger partial charge >= 0.3 is 0 Å². The van der Waals surface area contributed by atoms with Crippen LogP contribution in [-0.2, 0) is 15.1 Å². The summed E-state index contributed by atoms with van der Waals surface area (Å²) in [6, 6.07) is 31.0. The summed E-state index contributed by atoms with van der Waals surface area (Å²) in [5.41, 5.74) is 2.47. The summed E-state index contributed by atoms with van der Waals surface area (Å²) in [5, 5.41) is 5.99. The number of nitrogens with one attached hydrogen (secondary N) is 2. The summed E-state index contributed by atoms with van der Waals surface area (Å²) in [5.74, 6) is 0.0377. The fraction of sp³-hybridized carbons (Fsp3) is 0.269. The van der Waals surface area contributed by atoms with Crippen molar-refractivity contribution in [1.29, 1.82) is 0 Å². The summed E-state index contributed by atoms with van der Waals surface area (Å²) in [6.07, 6.45) is 1.16. The first kappa shape index (κ1) is 21.8. The van der Waals surface area contributed by atoms with Crippen molar-refractivity contribution in [1.82, 2.24) is 10.6 Å². The maximum Gasteiger partial charge on any atom is 0.219 e. The summed E-state index contributed by atoms with van der Waals surface area (Å²) >= 11 is 0. The van der Waals surface area contributed by atoms with E-state index in [0.717, 1.165) is 16.7 Å². The second kappa shape index (κ2) is 10.7. The molecule has 1 amide bonds. The molecular weight excluding hydrogens is 372 g/mol. The topological polar surface area (TPSA) is 50.4 Å². The summed E-state index contributed by atoms with van der Waals surface area (Å²) < 4.78 is 6.81. The van der Waals surface area contributed by atoms with Crippen LogP contribution in [0.4, 0.5) is 0 Å². The lowest BCUT2D eigenvalue weighted by molar-refractivity contribution is -0.120. The van der Waals surface area contributed by atoms with Crippen molar-refractivity contribution in [3.63, 3.8) is 0 Å². The molecule has 0 radical (unpaired) electrons. The number of ether oxygens (including phenoxy) is 1. The van der Waals surface area contributed by atoms with Gasteiger partial charge in [0.1, 0.15) is 5.60 Å². The van der Waals surface area contributed by atoms with E-state index in [9.17, 15) is 4.79 Å². The summed E-state index contributed by atoms with van der Waals surface area (Å²) in [7, 11) is 3.57. The number of likely N-dealkylation sites (N-methyl/N-ethyl adjacent to an activating group) is 1. The molecule has 0 saturated carbocycles. The van der Waals surface area contributed by atoms with Crippen molar-refractivity contribution in [2.45, 2.75) is 24.5 Å². The molecule has 1 unspecified atom stereocenters. The van der Waals surface area contributed by atoms with Crippen molar-refractivity contribution in [3.05, 3.63) is 108 Å². The van der Waals surface area contributed by atoms with E-state index in [4.69, 9.17) is 4.74 Å². The average Bonchev–Trinajstić information content (AvgIpc) is 2.83. The van der Waals surface area contributed by atoms with E-state index in [-0.39, 0.29) is 11.9 Å². The third kappa shape index (κ3) is 4.96. The molecule has 0 aliphatic heterocycles. The van der Waals surface area contributed by atoms with Crippen LogP contribution >= 0.6 is 0 Å². The van der Waals surface area contributed by atoms with Crippen LogP contribution in [0.3, 0.4) is 0 Å². The van der Waals surface area contributed by atoms with Crippen molar-refractivity contribution >= 4 is 5.91 Å². The maximum atomic E-state index is 11.7. The predicted octanol–water partition coefficient (Wildman–Crippen LogP) is 4.11. The predicted molar refractivity (Wildman–Crippen MR) is 121 cm³/mol. The smallest absolute Gasteiger partial charge is 0.219 e. The monoisotopic (exact) mass is 402 g/mol. The molecule has 0 aromatic heterocycles. The van der Waals surface area contributed by atoms with E-state index in [2.05, 4.69) is 47.0 Å². The SMILES string of the molecule is CNC(=O)CCC(COC(c1ccccc1)(c1ccccc1)c1ccccc1)NC. The molecule has 0 saturated heterocycles. The Morgan fingerprint density at radius 2 is 1.23 bits per heavy atom. The van der Waals surface area contributed by atoms with E-state index in [1.807, 2.05) is 61.6 Å². The van der Waals surface area contributed by atoms with Crippen LogP contribution < -0.4 is 10.6 Å². The Labute approximate surface area is 179 Å². The van der Waals surface area contributed by atoms with Gasteiger partial charge in [0.2, 0.25) is 5.91 Å². The van der Waals surface area contributed by atoms with Crippen LogP contribution in [0.25, 0.3) is 0 Å². The van der Waals surface area contributed by atoms with Gasteiger partial charge < -0.3 is 15.4 Å². The molecule has 3 aromatic rings. The zero-order valence-corrected chi connectivity index (χ0v) is 17.7. The van der Waals surface area contributed by atoms with Crippen molar-refractivity contribution in [2.75, 3.05) is 20.7 Å². The molecule has 156 valence electrons. The third-order valence-corrected chi connectivity index (χ3v) is 5.45. The molecule has 3 rings (SSSR count). The van der Waals surface area contributed by atoms with Gasteiger partial charge in [-0.25, -0.2) is 0 Å². The molecule has 30 heavy (non-hydrogen) atoms. The molecule has 0 bridgehead atoms. The highest BCUT2D eigenvalue weighted by molar-refractivity contribution is 5.75. The van der Waals surface area contributed by atoms with Crippen LogP contribution in [0.1, 0.15) is 29.5 Å². The van der Waals surface area contributed by atoms with Crippen LogP contribution in [0.5, 0.6) is 0 Å². The highest BCUT2D eigenvalue weighted by atomic mass is 16.5. The zero-order chi connectivity index (χ0) is 21.2. The molecule has 0 heterocycles. The lowest BCUT2D eigenvalue weighted by Crippen LogP contribution is -2.39. The van der Waals surface area contributed by atoms with Gasteiger partial charge in [-0.3, -0.25) is 4.79 Å². The van der Waals surface area contributed by atoms with E-state index in [1.54, 1.807) is 7.05 Å². The zero-order valence-electron chi connectivity index (χ0n) is 17.7. The van der Waals surface area contributed by atoms with E-state index < -0.39 is 5.60 Å². The quantitative estimate of drug-likeness (QED) is 0.502. The highest BCUT2D eigenvalue weighted by Gasteiger charge is 2.38. The van der Waals surface area contributed by atoms with Crippen LogP contribution in [0, 0.1) is 0 Å². The number of carbonyl (C=O) groups is 1. The van der Waals surface area contributed by atoms with Gasteiger partial charge in [-0.1, -0.05) is 91.0 Å². The normalized spacial score (nSPS) is 12.3. The average molecular weight is 403 g/mol. The van der Waals surface area contributed by atoms with Crippen LogP contribution in [0.15, 0.2) is 91.0 Å². The van der Waals surface area contributed by atoms with Gasteiger partial charge in [-0.15, -0.1) is 0 Å². The summed E-state index contributed by atoms with van der Waals surface area (Å²) in [4.78, 5) is 11.7. The highest BCUT2D eigenvalue weighted by Crippen LogP contribution is 2.40. The molecule has 3 aromatic carbocycles. The first-order chi connectivity index (χ1) is 14.7. The van der Waals surface area contributed by atoms with Gasteiger partial charge in [0, 0.05) is 19.5 Å². The van der Waals surface area contributed by atoms with Gasteiger partial charge in [0.05, 0.1) is 6.61 Å². The van der Waals surface area contributed by atoms with E-state index in [1.165, 1.54) is 0 Å². The lowest BCUT2D eigenvalue weighted by Gasteiger charge is -2.37. The van der Waals surface area contributed by atoms with E-state index >= 15 is 0 Å². The molecule has 0 aliphatic carbocycles. The van der Waals surface area contributed by atoms with Crippen LogP contribution in [-0.4, -0.2) is 32.7 Å². The number of amides is 1. The Balaban J connectivity index is 2.02.